The lowest BCUT2D eigenvalue weighted by atomic mass is 10.1. The molecule has 0 saturated carbocycles. The molecule has 0 bridgehead atoms. The van der Waals surface area contributed by atoms with Crippen molar-refractivity contribution in [3.63, 3.8) is 0 Å². The van der Waals surface area contributed by atoms with E-state index in [9.17, 15) is 21.6 Å². The number of benzene rings is 1. The second-order valence-corrected chi connectivity index (χ2v) is 8.85. The average Bonchev–Trinajstić information content (AvgIpc) is 3.26. The highest BCUT2D eigenvalue weighted by atomic mass is 32.2. The minimum Gasteiger partial charge on any atom is -0.460 e. The number of ether oxygens (including phenoxy) is 2. The van der Waals surface area contributed by atoms with Crippen LogP contribution in [0.1, 0.15) is 6.92 Å². The summed E-state index contributed by atoms with van der Waals surface area (Å²) in [6, 6.07) is 7.21. The number of imidazole rings is 1. The zero-order valence-electron chi connectivity index (χ0n) is 16.8. The summed E-state index contributed by atoms with van der Waals surface area (Å²) in [5.41, 5.74) is 1.75. The summed E-state index contributed by atoms with van der Waals surface area (Å²) in [5.74, 6) is -0.601. The molecule has 0 aliphatic carbocycles. The van der Waals surface area contributed by atoms with Crippen LogP contribution in [0, 0.1) is 0 Å². The first kappa shape index (κ1) is 21.9. The van der Waals surface area contributed by atoms with Crippen molar-refractivity contribution in [3.8, 4) is 23.1 Å². The lowest BCUT2D eigenvalue weighted by Gasteiger charge is -2.14. The SMILES string of the molecule is CNS(=O)(=O)c1ccc(Nc2ccc(OC(F)(F)F)nc2)c(-c2cn3c(n2)OC(C)C3)c1. The van der Waals surface area contributed by atoms with Gasteiger partial charge < -0.3 is 14.8 Å². The van der Waals surface area contributed by atoms with Gasteiger partial charge in [-0.05, 0) is 38.2 Å². The first-order chi connectivity index (χ1) is 15.0. The van der Waals surface area contributed by atoms with E-state index < -0.39 is 22.3 Å². The number of nitrogens with one attached hydrogen (secondary N) is 2. The summed E-state index contributed by atoms with van der Waals surface area (Å²) >= 11 is 0. The molecule has 3 heterocycles. The van der Waals surface area contributed by atoms with Crippen molar-refractivity contribution in [1.82, 2.24) is 19.3 Å². The zero-order valence-corrected chi connectivity index (χ0v) is 17.7. The van der Waals surface area contributed by atoms with E-state index in [1.165, 1.54) is 37.5 Å². The molecule has 0 amide bonds. The Kier molecular flexibility index (Phi) is 5.46. The van der Waals surface area contributed by atoms with Gasteiger partial charge in [0.05, 0.1) is 29.0 Å². The number of fused-ring (bicyclic) bond motifs is 1. The van der Waals surface area contributed by atoms with Crippen LogP contribution in [0.3, 0.4) is 0 Å². The van der Waals surface area contributed by atoms with Gasteiger partial charge in [0.2, 0.25) is 15.9 Å². The third kappa shape index (κ3) is 4.62. The molecule has 0 saturated heterocycles. The highest BCUT2D eigenvalue weighted by Gasteiger charge is 2.31. The predicted octanol–water partition coefficient (Wildman–Crippen LogP) is 3.28. The zero-order chi connectivity index (χ0) is 23.1. The maximum absolute atomic E-state index is 12.3. The van der Waals surface area contributed by atoms with Crippen molar-refractivity contribution in [2.45, 2.75) is 30.8 Å². The summed E-state index contributed by atoms with van der Waals surface area (Å²) < 4.78 is 75.1. The second-order valence-electron chi connectivity index (χ2n) is 6.96. The van der Waals surface area contributed by atoms with Gasteiger partial charge in [0, 0.05) is 23.5 Å². The van der Waals surface area contributed by atoms with Gasteiger partial charge in [0.1, 0.15) is 6.10 Å². The number of aromatic nitrogens is 3. The van der Waals surface area contributed by atoms with Gasteiger partial charge in [-0.2, -0.15) is 4.98 Å². The van der Waals surface area contributed by atoms with Crippen LogP contribution >= 0.6 is 0 Å². The Morgan fingerprint density at radius 2 is 2.03 bits per heavy atom. The standard InChI is InChI=1S/C19H18F3N5O4S/c1-11-9-27-10-16(26-18(27)30-11)14-7-13(32(28,29)23-2)4-5-15(14)25-12-3-6-17(24-8-12)31-19(20,21)22/h3-8,10-11,23,25H,9H2,1-2H3. The van der Waals surface area contributed by atoms with Crippen LogP contribution in [0.25, 0.3) is 11.3 Å². The van der Waals surface area contributed by atoms with E-state index in [1.807, 2.05) is 11.5 Å². The minimum atomic E-state index is -4.84. The van der Waals surface area contributed by atoms with Crippen molar-refractivity contribution < 1.29 is 31.1 Å². The van der Waals surface area contributed by atoms with Gasteiger partial charge in [-0.15, -0.1) is 13.2 Å². The maximum Gasteiger partial charge on any atom is 0.574 e. The molecular weight excluding hydrogens is 451 g/mol. The molecule has 0 spiro atoms. The van der Waals surface area contributed by atoms with Crippen molar-refractivity contribution in [1.29, 1.82) is 0 Å². The number of rotatable bonds is 6. The molecular formula is C19H18F3N5O4S. The average molecular weight is 469 g/mol. The van der Waals surface area contributed by atoms with Gasteiger partial charge >= 0.3 is 6.36 Å². The lowest BCUT2D eigenvalue weighted by Crippen LogP contribution is -2.18. The molecule has 4 rings (SSSR count). The molecule has 32 heavy (non-hydrogen) atoms. The molecule has 1 atom stereocenters. The second kappa shape index (κ2) is 7.98. The number of pyridine rings is 1. The summed E-state index contributed by atoms with van der Waals surface area (Å²) in [7, 11) is -2.42. The molecule has 1 aliphatic heterocycles. The van der Waals surface area contributed by atoms with E-state index in [2.05, 4.69) is 24.7 Å². The number of sulfonamides is 1. The number of alkyl halides is 3. The number of nitrogens with zero attached hydrogens (tertiary/aromatic N) is 3. The first-order valence-electron chi connectivity index (χ1n) is 9.35. The van der Waals surface area contributed by atoms with E-state index in [1.54, 1.807) is 6.20 Å². The van der Waals surface area contributed by atoms with E-state index in [4.69, 9.17) is 4.74 Å². The minimum absolute atomic E-state index is 0.0232. The third-order valence-corrected chi connectivity index (χ3v) is 5.99. The summed E-state index contributed by atoms with van der Waals surface area (Å²) in [6.45, 7) is 2.50. The fourth-order valence-electron chi connectivity index (χ4n) is 3.17. The molecule has 170 valence electrons. The smallest absolute Gasteiger partial charge is 0.460 e. The van der Waals surface area contributed by atoms with Crippen LogP contribution < -0.4 is 19.5 Å². The summed E-state index contributed by atoms with van der Waals surface area (Å²) in [4.78, 5) is 8.10. The van der Waals surface area contributed by atoms with Gasteiger partial charge in [-0.1, -0.05) is 0 Å². The Hall–Kier alpha value is -3.32. The number of halogens is 3. The van der Waals surface area contributed by atoms with Crippen molar-refractivity contribution in [3.05, 3.63) is 42.7 Å². The third-order valence-electron chi connectivity index (χ3n) is 4.58. The van der Waals surface area contributed by atoms with Gasteiger partial charge in [0.15, 0.2) is 0 Å². The molecule has 1 unspecified atom stereocenters. The molecule has 0 fully saturated rings. The maximum atomic E-state index is 12.3. The Balaban J connectivity index is 1.69. The first-order valence-corrected chi connectivity index (χ1v) is 10.8. The van der Waals surface area contributed by atoms with Crippen LogP contribution in [0.15, 0.2) is 47.6 Å². The Morgan fingerprint density at radius 1 is 1.25 bits per heavy atom. The van der Waals surface area contributed by atoms with E-state index in [-0.39, 0.29) is 11.0 Å². The summed E-state index contributed by atoms with van der Waals surface area (Å²) in [5, 5.41) is 3.03. The van der Waals surface area contributed by atoms with Gasteiger partial charge in [-0.3, -0.25) is 4.57 Å². The highest BCUT2D eigenvalue weighted by Crippen LogP contribution is 2.35. The largest absolute Gasteiger partial charge is 0.574 e. The van der Waals surface area contributed by atoms with Gasteiger partial charge in [0.25, 0.3) is 6.01 Å². The number of hydrogen-bond acceptors (Lipinski definition) is 7. The molecule has 9 nitrogen and oxygen atoms in total. The molecule has 2 N–H and O–H groups in total. The van der Waals surface area contributed by atoms with Crippen molar-refractivity contribution in [2.75, 3.05) is 12.4 Å². The van der Waals surface area contributed by atoms with Crippen LogP contribution in [-0.2, 0) is 16.6 Å². The monoisotopic (exact) mass is 469 g/mol. The Morgan fingerprint density at radius 3 is 2.66 bits per heavy atom. The van der Waals surface area contributed by atoms with E-state index in [0.717, 1.165) is 6.07 Å². The molecule has 13 heteroatoms. The van der Waals surface area contributed by atoms with Crippen LogP contribution in [0.4, 0.5) is 24.5 Å². The van der Waals surface area contributed by atoms with Gasteiger partial charge in [-0.25, -0.2) is 18.1 Å². The predicted molar refractivity (Wildman–Crippen MR) is 108 cm³/mol. The molecule has 1 aliphatic rings. The highest BCUT2D eigenvalue weighted by molar-refractivity contribution is 7.89. The Labute approximate surface area is 181 Å². The number of hydrogen-bond donors (Lipinski definition) is 2. The molecule has 3 aromatic rings. The van der Waals surface area contributed by atoms with E-state index in [0.29, 0.717) is 35.2 Å². The number of anilines is 2. The van der Waals surface area contributed by atoms with Crippen LogP contribution in [0.5, 0.6) is 11.9 Å². The molecule has 0 radical (unpaired) electrons. The Bertz CT molecular complexity index is 1220. The topological polar surface area (TPSA) is 107 Å². The molecule has 1 aromatic carbocycles. The fraction of sp³-hybridized carbons (Fsp3) is 0.263. The fourth-order valence-corrected chi connectivity index (χ4v) is 3.92. The van der Waals surface area contributed by atoms with E-state index >= 15 is 0 Å². The summed E-state index contributed by atoms with van der Waals surface area (Å²) in [6.07, 6.45) is -1.96. The van der Waals surface area contributed by atoms with Crippen LogP contribution in [0.2, 0.25) is 0 Å². The molecule has 2 aromatic heterocycles. The van der Waals surface area contributed by atoms with Crippen molar-refractivity contribution >= 4 is 21.4 Å². The quantitative estimate of drug-likeness (QED) is 0.571. The van der Waals surface area contributed by atoms with Crippen molar-refractivity contribution in [2.24, 2.45) is 0 Å². The normalized spacial score (nSPS) is 15.8. The van der Waals surface area contributed by atoms with Crippen LogP contribution in [-0.4, -0.2) is 42.5 Å². The lowest BCUT2D eigenvalue weighted by molar-refractivity contribution is -0.276.